The second kappa shape index (κ2) is 7.19. The Morgan fingerprint density at radius 1 is 1.04 bits per heavy atom. The number of amides is 1. The van der Waals surface area contributed by atoms with Crippen molar-refractivity contribution < 1.29 is 14.3 Å². The molecule has 0 unspecified atom stereocenters. The Balaban J connectivity index is 1.89. The molecule has 0 bridgehead atoms. The number of aromatic amines is 1. The molecule has 0 aliphatic carbocycles. The molecule has 0 fully saturated rings. The van der Waals surface area contributed by atoms with Crippen LogP contribution in [0.5, 0.6) is 11.5 Å². The van der Waals surface area contributed by atoms with Crippen LogP contribution in [0.25, 0.3) is 11.4 Å². The van der Waals surface area contributed by atoms with Crippen LogP contribution < -0.4 is 20.3 Å². The number of anilines is 1. The third-order valence-corrected chi connectivity index (χ3v) is 4.81. The van der Waals surface area contributed by atoms with Crippen molar-refractivity contribution in [3.63, 3.8) is 0 Å². The van der Waals surface area contributed by atoms with Crippen LogP contribution in [0.3, 0.4) is 0 Å². The molecule has 2 heterocycles. The number of methoxy groups -OCH3 is 2. The third-order valence-electron chi connectivity index (χ3n) is 4.81. The second-order valence-corrected chi connectivity index (χ2v) is 6.46. The maximum Gasteiger partial charge on any atom is 0.257 e. The lowest BCUT2D eigenvalue weighted by Gasteiger charge is -2.26. The maximum absolute atomic E-state index is 13.0. The molecule has 0 saturated carbocycles. The van der Waals surface area contributed by atoms with Gasteiger partial charge in [-0.05, 0) is 18.2 Å². The fourth-order valence-electron chi connectivity index (χ4n) is 3.48. The van der Waals surface area contributed by atoms with Crippen molar-refractivity contribution in [2.24, 2.45) is 0 Å². The fourth-order valence-corrected chi connectivity index (χ4v) is 3.48. The number of benzene rings is 2. The van der Waals surface area contributed by atoms with Gasteiger partial charge in [-0.3, -0.25) is 9.59 Å². The first-order valence-corrected chi connectivity index (χ1v) is 8.82. The van der Waals surface area contributed by atoms with E-state index in [9.17, 15) is 9.59 Å². The summed E-state index contributed by atoms with van der Waals surface area (Å²) in [5, 5.41) is 2.73. The molecule has 0 spiro atoms. The predicted molar refractivity (Wildman–Crippen MR) is 105 cm³/mol. The van der Waals surface area contributed by atoms with E-state index in [1.807, 2.05) is 30.3 Å². The number of hydrogen-bond donors (Lipinski definition) is 2. The molecule has 1 amide bonds. The topological polar surface area (TPSA) is 93.3 Å². The molecule has 2 aromatic carbocycles. The van der Waals surface area contributed by atoms with E-state index in [-0.39, 0.29) is 23.7 Å². The fraction of sp³-hybridized carbons (Fsp3) is 0.190. The molecule has 2 N–H and O–H groups in total. The minimum absolute atomic E-state index is 0.117. The van der Waals surface area contributed by atoms with E-state index in [4.69, 9.17) is 9.47 Å². The van der Waals surface area contributed by atoms with Gasteiger partial charge in [0.25, 0.3) is 5.56 Å². The molecule has 1 aromatic heterocycles. The van der Waals surface area contributed by atoms with Gasteiger partial charge in [-0.2, -0.15) is 0 Å². The first-order valence-electron chi connectivity index (χ1n) is 8.82. The summed E-state index contributed by atoms with van der Waals surface area (Å²) >= 11 is 0. The van der Waals surface area contributed by atoms with Gasteiger partial charge < -0.3 is 19.8 Å². The quantitative estimate of drug-likeness (QED) is 0.729. The normalized spacial score (nSPS) is 15.5. The van der Waals surface area contributed by atoms with Crippen LogP contribution >= 0.6 is 0 Å². The summed E-state index contributed by atoms with van der Waals surface area (Å²) in [5.74, 6) is 1.18. The van der Waals surface area contributed by atoms with Gasteiger partial charge in [-0.25, -0.2) is 4.98 Å². The lowest BCUT2D eigenvalue weighted by molar-refractivity contribution is -0.116. The number of carbonyl (C=O) groups is 1. The highest BCUT2D eigenvalue weighted by Crippen LogP contribution is 2.40. The molecule has 28 heavy (non-hydrogen) atoms. The van der Waals surface area contributed by atoms with Crippen LogP contribution in [0.1, 0.15) is 23.5 Å². The Kier molecular flexibility index (Phi) is 4.57. The summed E-state index contributed by atoms with van der Waals surface area (Å²) < 4.78 is 10.8. The average molecular weight is 377 g/mol. The summed E-state index contributed by atoms with van der Waals surface area (Å²) in [6.07, 6.45) is 0.117. The molecule has 4 rings (SSSR count). The molecular weight excluding hydrogens is 358 g/mol. The number of nitrogens with zero attached hydrogens (tertiary/aromatic N) is 1. The number of rotatable bonds is 4. The molecule has 142 valence electrons. The van der Waals surface area contributed by atoms with Gasteiger partial charge in [-0.15, -0.1) is 0 Å². The number of fused-ring (bicyclic) bond motifs is 1. The highest BCUT2D eigenvalue weighted by Gasteiger charge is 2.33. The second-order valence-electron chi connectivity index (χ2n) is 6.46. The van der Waals surface area contributed by atoms with Crippen LogP contribution in [0.2, 0.25) is 0 Å². The molecule has 7 nitrogen and oxygen atoms in total. The van der Waals surface area contributed by atoms with Crippen molar-refractivity contribution >= 4 is 11.7 Å². The largest absolute Gasteiger partial charge is 0.497 e. The molecule has 1 aliphatic rings. The smallest absolute Gasteiger partial charge is 0.257 e. The maximum atomic E-state index is 13.0. The van der Waals surface area contributed by atoms with E-state index in [1.54, 1.807) is 32.4 Å². The lowest BCUT2D eigenvalue weighted by atomic mass is 9.86. The van der Waals surface area contributed by atoms with Crippen LogP contribution in [0.15, 0.2) is 53.3 Å². The zero-order valence-electron chi connectivity index (χ0n) is 15.5. The van der Waals surface area contributed by atoms with Crippen LogP contribution in [0.4, 0.5) is 5.82 Å². The zero-order chi connectivity index (χ0) is 19.7. The summed E-state index contributed by atoms with van der Waals surface area (Å²) in [6, 6.07) is 14.6. The number of H-pyrrole nitrogens is 1. The summed E-state index contributed by atoms with van der Waals surface area (Å²) in [4.78, 5) is 32.7. The van der Waals surface area contributed by atoms with Gasteiger partial charge in [-0.1, -0.05) is 30.3 Å². The van der Waals surface area contributed by atoms with Crippen molar-refractivity contribution in [3.8, 4) is 22.9 Å². The van der Waals surface area contributed by atoms with Gasteiger partial charge in [0.1, 0.15) is 23.1 Å². The molecule has 3 aromatic rings. The molecule has 7 heteroatoms. The SMILES string of the molecule is COc1ccc(OC)c([C@@H]2CC(=O)Nc3nc(-c4ccccc4)[nH]c(=O)c32)c1. The molecular formula is C21H19N3O4. The molecule has 1 atom stereocenters. The van der Waals surface area contributed by atoms with E-state index < -0.39 is 5.92 Å². The number of nitrogens with one attached hydrogen (secondary N) is 2. The van der Waals surface area contributed by atoms with E-state index >= 15 is 0 Å². The van der Waals surface area contributed by atoms with Crippen molar-refractivity contribution in [1.82, 2.24) is 9.97 Å². The van der Waals surface area contributed by atoms with E-state index in [1.165, 1.54) is 0 Å². The lowest BCUT2D eigenvalue weighted by Crippen LogP contribution is -2.31. The Hall–Kier alpha value is -3.61. The van der Waals surface area contributed by atoms with Gasteiger partial charge in [0.05, 0.1) is 19.8 Å². The standard InChI is InChI=1S/C21H19N3O4/c1-27-13-8-9-16(28-2)14(10-13)15-11-17(25)22-20-18(15)21(26)24-19(23-20)12-6-4-3-5-7-12/h3-10,15H,11H2,1-2H3,(H2,22,23,24,25,26)/t15-/m0/s1. The molecule has 0 radical (unpaired) electrons. The Morgan fingerprint density at radius 3 is 2.54 bits per heavy atom. The Labute approximate surface area is 161 Å². The number of hydrogen-bond acceptors (Lipinski definition) is 5. The first-order chi connectivity index (χ1) is 13.6. The van der Waals surface area contributed by atoms with Crippen LogP contribution in [0, 0.1) is 0 Å². The van der Waals surface area contributed by atoms with E-state index in [0.29, 0.717) is 28.5 Å². The van der Waals surface area contributed by atoms with Gasteiger partial charge in [0.2, 0.25) is 5.91 Å². The highest BCUT2D eigenvalue weighted by atomic mass is 16.5. The highest BCUT2D eigenvalue weighted by molar-refractivity contribution is 5.94. The first kappa shape index (κ1) is 17.8. The number of carbonyl (C=O) groups excluding carboxylic acids is 1. The minimum Gasteiger partial charge on any atom is -0.497 e. The van der Waals surface area contributed by atoms with Gasteiger partial charge in [0, 0.05) is 23.5 Å². The molecule has 0 saturated heterocycles. The molecule has 1 aliphatic heterocycles. The van der Waals surface area contributed by atoms with Crippen molar-refractivity contribution in [2.75, 3.05) is 19.5 Å². The number of ether oxygens (including phenoxy) is 2. The minimum atomic E-state index is -0.491. The van der Waals surface area contributed by atoms with Gasteiger partial charge >= 0.3 is 0 Å². The summed E-state index contributed by atoms with van der Waals surface area (Å²) in [6.45, 7) is 0. The van der Waals surface area contributed by atoms with E-state index in [0.717, 1.165) is 5.56 Å². The van der Waals surface area contributed by atoms with E-state index in [2.05, 4.69) is 15.3 Å². The van der Waals surface area contributed by atoms with Crippen molar-refractivity contribution in [1.29, 1.82) is 0 Å². The Morgan fingerprint density at radius 2 is 1.82 bits per heavy atom. The van der Waals surface area contributed by atoms with Crippen molar-refractivity contribution in [3.05, 3.63) is 70.0 Å². The van der Waals surface area contributed by atoms with Gasteiger partial charge in [0.15, 0.2) is 0 Å². The average Bonchev–Trinajstić information content (AvgIpc) is 2.72. The van der Waals surface area contributed by atoms with Crippen LogP contribution in [-0.2, 0) is 4.79 Å². The van der Waals surface area contributed by atoms with Crippen LogP contribution in [-0.4, -0.2) is 30.1 Å². The monoisotopic (exact) mass is 377 g/mol. The van der Waals surface area contributed by atoms with Crippen molar-refractivity contribution in [2.45, 2.75) is 12.3 Å². The third kappa shape index (κ3) is 3.11. The Bertz CT molecular complexity index is 1090. The number of aromatic nitrogens is 2. The summed E-state index contributed by atoms with van der Waals surface area (Å²) in [5.41, 5.74) is 1.58. The predicted octanol–water partition coefficient (Wildman–Crippen LogP) is 2.93. The summed E-state index contributed by atoms with van der Waals surface area (Å²) in [7, 11) is 3.11. The zero-order valence-corrected chi connectivity index (χ0v) is 15.5.